The Balaban J connectivity index is 1.53. The predicted molar refractivity (Wildman–Crippen MR) is 105 cm³/mol. The number of hydrogen-bond donors (Lipinski definition) is 0. The number of benzene rings is 1. The lowest BCUT2D eigenvalue weighted by Crippen LogP contribution is -2.43. The van der Waals surface area contributed by atoms with Gasteiger partial charge in [-0.15, -0.1) is 11.3 Å². The van der Waals surface area contributed by atoms with Gasteiger partial charge in [-0.2, -0.15) is 5.10 Å². The standard InChI is InChI=1S/C20H23N5OS/c1-12(2)10-16-19-22-18(13-6-7-13)23-25(19)9-8-24(16)20(26)14-4-3-5-15-17(14)27-11-21-15/h3-5,11-13,16H,6-10H2,1-2H3/t16-/m0/s1. The molecule has 1 aliphatic carbocycles. The zero-order valence-corrected chi connectivity index (χ0v) is 16.4. The van der Waals surface area contributed by atoms with Gasteiger partial charge in [-0.3, -0.25) is 4.79 Å². The number of carbonyl (C=O) groups is 1. The van der Waals surface area contributed by atoms with Crippen LogP contribution in [0.2, 0.25) is 0 Å². The maximum Gasteiger partial charge on any atom is 0.256 e. The minimum atomic E-state index is -0.0190. The summed E-state index contributed by atoms with van der Waals surface area (Å²) in [5.41, 5.74) is 3.45. The van der Waals surface area contributed by atoms with E-state index < -0.39 is 0 Å². The van der Waals surface area contributed by atoms with Crippen LogP contribution in [0.1, 0.15) is 67.1 Å². The highest BCUT2D eigenvalue weighted by molar-refractivity contribution is 7.17. The monoisotopic (exact) mass is 381 g/mol. The summed E-state index contributed by atoms with van der Waals surface area (Å²) < 4.78 is 3.01. The molecule has 0 unspecified atom stereocenters. The molecule has 1 atom stereocenters. The smallest absolute Gasteiger partial charge is 0.256 e. The fraction of sp³-hybridized carbons (Fsp3) is 0.500. The van der Waals surface area contributed by atoms with Crippen molar-refractivity contribution < 1.29 is 4.79 Å². The van der Waals surface area contributed by atoms with Crippen molar-refractivity contribution >= 4 is 27.5 Å². The van der Waals surface area contributed by atoms with Gasteiger partial charge in [0.25, 0.3) is 5.91 Å². The third kappa shape index (κ3) is 2.94. The average molecular weight is 382 g/mol. The second kappa shape index (κ2) is 6.41. The van der Waals surface area contributed by atoms with Gasteiger partial charge in [0.15, 0.2) is 5.82 Å². The van der Waals surface area contributed by atoms with E-state index in [9.17, 15) is 4.79 Å². The number of hydrogen-bond acceptors (Lipinski definition) is 5. The summed E-state index contributed by atoms with van der Waals surface area (Å²) in [6.45, 7) is 5.79. The summed E-state index contributed by atoms with van der Waals surface area (Å²) in [5.74, 6) is 3.01. The summed E-state index contributed by atoms with van der Waals surface area (Å²) in [6.07, 6.45) is 3.27. The van der Waals surface area contributed by atoms with Crippen molar-refractivity contribution in [1.29, 1.82) is 0 Å². The van der Waals surface area contributed by atoms with Crippen LogP contribution >= 0.6 is 11.3 Å². The number of fused-ring (bicyclic) bond motifs is 2. The highest BCUT2D eigenvalue weighted by Gasteiger charge is 2.37. The Bertz CT molecular complexity index is 1000. The zero-order valence-electron chi connectivity index (χ0n) is 15.6. The van der Waals surface area contributed by atoms with Gasteiger partial charge in [0.1, 0.15) is 5.82 Å². The SMILES string of the molecule is CC(C)C[C@H]1c2nc(C3CC3)nn2CCN1C(=O)c1cccc2ncsc12. The van der Waals surface area contributed by atoms with Crippen molar-refractivity contribution in [3.8, 4) is 0 Å². The molecule has 0 spiro atoms. The van der Waals surface area contributed by atoms with E-state index in [1.54, 1.807) is 0 Å². The largest absolute Gasteiger partial charge is 0.326 e. The van der Waals surface area contributed by atoms with Gasteiger partial charge in [0, 0.05) is 12.5 Å². The molecule has 0 radical (unpaired) electrons. The van der Waals surface area contributed by atoms with Crippen LogP contribution in [0.4, 0.5) is 0 Å². The summed E-state index contributed by atoms with van der Waals surface area (Å²) in [7, 11) is 0. The molecule has 2 aliphatic rings. The third-order valence-electron chi connectivity index (χ3n) is 5.43. The summed E-state index contributed by atoms with van der Waals surface area (Å²) in [6, 6.07) is 5.78. The highest BCUT2D eigenvalue weighted by Crippen LogP contribution is 2.40. The van der Waals surface area contributed by atoms with Crippen LogP contribution in [-0.4, -0.2) is 37.1 Å². The topological polar surface area (TPSA) is 63.9 Å². The van der Waals surface area contributed by atoms with Crippen LogP contribution in [0.15, 0.2) is 23.7 Å². The normalized spacial score (nSPS) is 19.7. The molecule has 1 amide bonds. The molecular formula is C20H23N5OS. The molecule has 1 aliphatic heterocycles. The molecule has 3 heterocycles. The first-order valence-corrected chi connectivity index (χ1v) is 10.6. The van der Waals surface area contributed by atoms with Crippen LogP contribution in [0.3, 0.4) is 0 Å². The average Bonchev–Trinajstić information content (AvgIpc) is 3.22. The molecule has 5 rings (SSSR count). The Morgan fingerprint density at radius 1 is 1.30 bits per heavy atom. The number of aromatic nitrogens is 4. The summed E-state index contributed by atoms with van der Waals surface area (Å²) >= 11 is 1.53. The van der Waals surface area contributed by atoms with Gasteiger partial charge in [0.2, 0.25) is 0 Å². The molecule has 7 heteroatoms. The molecule has 1 aromatic carbocycles. The van der Waals surface area contributed by atoms with Crippen molar-refractivity contribution in [3.05, 3.63) is 40.9 Å². The summed E-state index contributed by atoms with van der Waals surface area (Å²) in [5, 5.41) is 4.74. The molecule has 3 aromatic rings. The van der Waals surface area contributed by atoms with E-state index >= 15 is 0 Å². The fourth-order valence-corrected chi connectivity index (χ4v) is 4.72. The minimum Gasteiger partial charge on any atom is -0.326 e. The van der Waals surface area contributed by atoms with Crippen molar-refractivity contribution in [2.24, 2.45) is 5.92 Å². The minimum absolute atomic E-state index is 0.0190. The molecule has 6 nitrogen and oxygen atoms in total. The lowest BCUT2D eigenvalue weighted by atomic mass is 9.99. The Morgan fingerprint density at radius 2 is 2.15 bits per heavy atom. The van der Waals surface area contributed by atoms with Crippen LogP contribution in [0.5, 0.6) is 0 Å². The third-order valence-corrected chi connectivity index (χ3v) is 6.30. The van der Waals surface area contributed by atoms with E-state index in [4.69, 9.17) is 10.1 Å². The summed E-state index contributed by atoms with van der Waals surface area (Å²) in [4.78, 5) is 24.8. The van der Waals surface area contributed by atoms with Crippen molar-refractivity contribution in [2.75, 3.05) is 6.54 Å². The Hall–Kier alpha value is -2.28. The number of thiazole rings is 1. The van der Waals surface area contributed by atoms with Gasteiger partial charge >= 0.3 is 0 Å². The molecule has 27 heavy (non-hydrogen) atoms. The lowest BCUT2D eigenvalue weighted by Gasteiger charge is -2.36. The second-order valence-corrected chi connectivity index (χ2v) is 8.83. The van der Waals surface area contributed by atoms with Crippen LogP contribution in [0.25, 0.3) is 10.2 Å². The lowest BCUT2D eigenvalue weighted by molar-refractivity contribution is 0.0581. The highest BCUT2D eigenvalue weighted by atomic mass is 32.1. The first kappa shape index (κ1) is 16.9. The first-order valence-electron chi connectivity index (χ1n) is 9.69. The first-order chi connectivity index (χ1) is 13.1. The van der Waals surface area contributed by atoms with E-state index in [1.165, 1.54) is 24.2 Å². The number of rotatable bonds is 4. The maximum atomic E-state index is 13.5. The number of nitrogens with zero attached hydrogens (tertiary/aromatic N) is 5. The Kier molecular flexibility index (Phi) is 4.00. The van der Waals surface area contributed by atoms with Gasteiger partial charge in [-0.1, -0.05) is 19.9 Å². The van der Waals surface area contributed by atoms with Crippen molar-refractivity contribution in [3.63, 3.8) is 0 Å². The second-order valence-electron chi connectivity index (χ2n) is 7.98. The van der Waals surface area contributed by atoms with Crippen molar-refractivity contribution in [2.45, 2.75) is 51.6 Å². The molecule has 0 N–H and O–H groups in total. The molecule has 140 valence electrons. The van der Waals surface area contributed by atoms with Crippen molar-refractivity contribution in [1.82, 2.24) is 24.6 Å². The molecule has 1 fully saturated rings. The predicted octanol–water partition coefficient (Wildman–Crippen LogP) is 4.01. The van der Waals surface area contributed by atoms with Gasteiger partial charge in [-0.05, 0) is 37.3 Å². The van der Waals surface area contributed by atoms with E-state index in [0.29, 0.717) is 24.9 Å². The van der Waals surface area contributed by atoms with Gasteiger partial charge < -0.3 is 4.90 Å². The van der Waals surface area contributed by atoms with E-state index in [1.807, 2.05) is 33.3 Å². The van der Waals surface area contributed by atoms with Gasteiger partial charge in [0.05, 0.1) is 33.9 Å². The number of amides is 1. The Morgan fingerprint density at radius 3 is 2.93 bits per heavy atom. The van der Waals surface area contributed by atoms with Crippen LogP contribution in [0, 0.1) is 5.92 Å². The van der Waals surface area contributed by atoms with Crippen LogP contribution in [-0.2, 0) is 6.54 Å². The zero-order chi connectivity index (χ0) is 18.5. The van der Waals surface area contributed by atoms with E-state index in [0.717, 1.165) is 33.8 Å². The molecule has 0 bridgehead atoms. The molecule has 1 saturated carbocycles. The van der Waals surface area contributed by atoms with Gasteiger partial charge in [-0.25, -0.2) is 14.6 Å². The van der Waals surface area contributed by atoms with E-state index in [2.05, 4.69) is 18.8 Å². The fourth-order valence-electron chi connectivity index (χ4n) is 3.93. The van der Waals surface area contributed by atoms with E-state index in [-0.39, 0.29) is 11.9 Å². The molecule has 2 aromatic heterocycles. The van der Waals surface area contributed by atoms with Crippen LogP contribution < -0.4 is 0 Å². The maximum absolute atomic E-state index is 13.5. The Labute approximate surface area is 162 Å². The molecule has 0 saturated heterocycles. The quantitative estimate of drug-likeness (QED) is 0.685. The number of carbonyl (C=O) groups excluding carboxylic acids is 1. The molecular weight excluding hydrogens is 358 g/mol.